The van der Waals surface area contributed by atoms with Crippen LogP contribution < -0.4 is 0 Å². The highest BCUT2D eigenvalue weighted by Crippen LogP contribution is 2.28. The van der Waals surface area contributed by atoms with Crippen molar-refractivity contribution in [3.05, 3.63) is 54.3 Å². The number of phenolic OH excluding ortho intramolecular Hbond substituents is 1. The molecule has 2 N–H and O–H groups in total. The first-order valence-corrected chi connectivity index (χ1v) is 5.26. The summed E-state index contributed by atoms with van der Waals surface area (Å²) in [6, 6.07) is 7.20. The maximum Gasteiger partial charge on any atom is 0.115 e. The average molecular weight is 218 g/mol. The minimum atomic E-state index is -0.0281. The molecule has 0 unspecified atom stereocenters. The van der Waals surface area contributed by atoms with Crippen molar-refractivity contribution in [3.8, 4) is 5.75 Å². The van der Waals surface area contributed by atoms with Crippen LogP contribution >= 0.6 is 0 Å². The lowest BCUT2D eigenvalue weighted by Crippen LogP contribution is -2.15. The van der Waals surface area contributed by atoms with Crippen molar-refractivity contribution in [2.75, 3.05) is 0 Å². The molecule has 0 saturated heterocycles. The molecule has 0 aromatic heterocycles. The van der Waals surface area contributed by atoms with Gasteiger partial charge in [0.25, 0.3) is 0 Å². The lowest BCUT2D eigenvalue weighted by Gasteiger charge is -2.23. The molecular weight excluding hydrogens is 200 g/mol. The second-order valence-electron chi connectivity index (χ2n) is 4.53. The molecule has 0 heterocycles. The van der Waals surface area contributed by atoms with E-state index in [1.165, 1.54) is 0 Å². The molecule has 0 bridgehead atoms. The summed E-state index contributed by atoms with van der Waals surface area (Å²) in [6.07, 6.45) is 4.30. The van der Waals surface area contributed by atoms with Gasteiger partial charge in [-0.3, -0.25) is 0 Å². The Hall–Kier alpha value is -1.70. The van der Waals surface area contributed by atoms with Crippen molar-refractivity contribution in [2.45, 2.75) is 25.7 Å². The summed E-state index contributed by atoms with van der Waals surface area (Å²) >= 11 is 0. The fourth-order valence-electron chi connectivity index (χ4n) is 1.52. The molecule has 86 valence electrons. The Morgan fingerprint density at radius 3 is 2.38 bits per heavy atom. The second-order valence-corrected chi connectivity index (χ2v) is 4.53. The molecule has 0 aliphatic rings. The van der Waals surface area contributed by atoms with E-state index >= 15 is 0 Å². The van der Waals surface area contributed by atoms with Gasteiger partial charge in [-0.15, -0.1) is 0 Å². The molecule has 1 aromatic rings. The van der Waals surface area contributed by atoms with E-state index in [4.69, 9.17) is 5.11 Å². The summed E-state index contributed by atoms with van der Waals surface area (Å²) in [4.78, 5) is 0. The van der Waals surface area contributed by atoms with Crippen molar-refractivity contribution in [2.24, 2.45) is 0 Å². The maximum atomic E-state index is 9.21. The summed E-state index contributed by atoms with van der Waals surface area (Å²) in [5, 5.41) is 18.2. The van der Waals surface area contributed by atoms with Gasteiger partial charge in [0.2, 0.25) is 0 Å². The number of allylic oxidation sites excluding steroid dienone is 2. The predicted octanol–water partition coefficient (Wildman–Crippen LogP) is 3.69. The zero-order valence-corrected chi connectivity index (χ0v) is 9.77. The monoisotopic (exact) mass is 218 g/mol. The molecule has 1 aromatic carbocycles. The molecule has 0 atom stereocenters. The van der Waals surface area contributed by atoms with Gasteiger partial charge in [0.15, 0.2) is 0 Å². The first-order chi connectivity index (χ1) is 7.42. The highest BCUT2D eigenvalue weighted by Gasteiger charge is 2.18. The van der Waals surface area contributed by atoms with E-state index in [1.54, 1.807) is 18.2 Å². The van der Waals surface area contributed by atoms with Gasteiger partial charge in [0.05, 0.1) is 0 Å². The van der Waals surface area contributed by atoms with E-state index in [9.17, 15) is 5.11 Å². The van der Waals surface area contributed by atoms with Gasteiger partial charge < -0.3 is 10.2 Å². The Morgan fingerprint density at radius 2 is 1.88 bits per heavy atom. The number of phenols is 1. The molecular formula is C14H18O2. The fraction of sp³-hybridized carbons (Fsp3) is 0.286. The van der Waals surface area contributed by atoms with E-state index in [0.29, 0.717) is 0 Å². The lowest BCUT2D eigenvalue weighted by atomic mass is 9.81. The summed E-state index contributed by atoms with van der Waals surface area (Å²) in [7, 11) is 0. The second kappa shape index (κ2) is 4.88. The van der Waals surface area contributed by atoms with E-state index in [1.807, 2.05) is 18.2 Å². The average Bonchev–Trinajstić information content (AvgIpc) is 2.17. The van der Waals surface area contributed by atoms with Gasteiger partial charge in [-0.1, -0.05) is 38.6 Å². The van der Waals surface area contributed by atoms with Crippen molar-refractivity contribution < 1.29 is 10.2 Å². The van der Waals surface area contributed by atoms with Crippen LogP contribution in [0.15, 0.2) is 48.8 Å². The highest BCUT2D eigenvalue weighted by molar-refractivity contribution is 5.31. The summed E-state index contributed by atoms with van der Waals surface area (Å²) < 4.78 is 0. The van der Waals surface area contributed by atoms with Crippen molar-refractivity contribution in [1.29, 1.82) is 0 Å². The number of benzene rings is 1. The van der Waals surface area contributed by atoms with Crippen LogP contribution in [0.3, 0.4) is 0 Å². The number of aliphatic hydroxyl groups excluding tert-OH is 1. The molecule has 2 nitrogen and oxygen atoms in total. The summed E-state index contributed by atoms with van der Waals surface area (Å²) in [6.45, 7) is 7.62. The quantitative estimate of drug-likeness (QED) is 0.597. The Kier molecular flexibility index (Phi) is 3.78. The molecule has 0 aliphatic heterocycles. The van der Waals surface area contributed by atoms with Gasteiger partial charge in [-0.05, 0) is 35.6 Å². The minimum absolute atomic E-state index is 0.0281. The van der Waals surface area contributed by atoms with E-state index in [0.717, 1.165) is 12.0 Å². The minimum Gasteiger partial charge on any atom is -0.509 e. The van der Waals surface area contributed by atoms with Crippen LogP contribution in [0.5, 0.6) is 5.75 Å². The Labute approximate surface area is 96.6 Å². The lowest BCUT2D eigenvalue weighted by molar-refractivity contribution is 0.434. The zero-order chi connectivity index (χ0) is 12.2. The molecule has 0 amide bonds. The van der Waals surface area contributed by atoms with Gasteiger partial charge in [0, 0.05) is 0 Å². The normalized spacial score (nSPS) is 11.9. The number of hydrogen-bond donors (Lipinski definition) is 2. The molecule has 0 radical (unpaired) electrons. The van der Waals surface area contributed by atoms with E-state index in [-0.39, 0.29) is 16.9 Å². The first-order valence-electron chi connectivity index (χ1n) is 5.26. The summed E-state index contributed by atoms with van der Waals surface area (Å²) in [5.74, 6) is 0.348. The number of hydrogen-bond acceptors (Lipinski definition) is 2. The van der Waals surface area contributed by atoms with Gasteiger partial charge >= 0.3 is 0 Å². The molecule has 0 fully saturated rings. The van der Waals surface area contributed by atoms with Crippen LogP contribution in [0.2, 0.25) is 0 Å². The standard InChI is InChI=1S/C14H18O2/c1-11(15)5-4-10-14(2,3)12-6-8-13(16)9-7-12/h4-9,15-16H,1,10H2,2-3H3/b5-4-. The van der Waals surface area contributed by atoms with Crippen LogP contribution in [-0.4, -0.2) is 10.2 Å². The SMILES string of the molecule is C=C(O)/C=C\CC(C)(C)c1ccc(O)cc1. The molecule has 2 heteroatoms. The Balaban J connectivity index is 2.77. The number of rotatable bonds is 4. The third-order valence-electron chi connectivity index (χ3n) is 2.59. The van der Waals surface area contributed by atoms with Crippen LogP contribution in [-0.2, 0) is 5.41 Å². The Morgan fingerprint density at radius 1 is 1.31 bits per heavy atom. The van der Waals surface area contributed by atoms with Gasteiger partial charge in [-0.25, -0.2) is 0 Å². The molecule has 0 spiro atoms. The van der Waals surface area contributed by atoms with Crippen molar-refractivity contribution in [1.82, 2.24) is 0 Å². The molecule has 0 saturated carbocycles. The summed E-state index contributed by atoms with van der Waals surface area (Å²) in [5.41, 5.74) is 1.12. The molecule has 0 aliphatic carbocycles. The smallest absolute Gasteiger partial charge is 0.115 e. The number of aromatic hydroxyl groups is 1. The van der Waals surface area contributed by atoms with E-state index < -0.39 is 0 Å². The van der Waals surface area contributed by atoms with Crippen LogP contribution in [0, 0.1) is 0 Å². The molecule has 16 heavy (non-hydrogen) atoms. The highest BCUT2D eigenvalue weighted by atomic mass is 16.3. The van der Waals surface area contributed by atoms with Crippen LogP contribution in [0.4, 0.5) is 0 Å². The third kappa shape index (κ3) is 3.46. The first kappa shape index (κ1) is 12.4. The maximum absolute atomic E-state index is 9.21. The predicted molar refractivity (Wildman–Crippen MR) is 66.7 cm³/mol. The Bertz CT molecular complexity index is 386. The topological polar surface area (TPSA) is 40.5 Å². The third-order valence-corrected chi connectivity index (χ3v) is 2.59. The van der Waals surface area contributed by atoms with Crippen molar-refractivity contribution in [3.63, 3.8) is 0 Å². The number of aliphatic hydroxyl groups is 1. The van der Waals surface area contributed by atoms with Gasteiger partial charge in [-0.2, -0.15) is 0 Å². The largest absolute Gasteiger partial charge is 0.509 e. The van der Waals surface area contributed by atoms with Crippen molar-refractivity contribution >= 4 is 0 Å². The fourth-order valence-corrected chi connectivity index (χ4v) is 1.52. The van der Waals surface area contributed by atoms with Gasteiger partial charge in [0.1, 0.15) is 11.5 Å². The van der Waals surface area contributed by atoms with Crippen LogP contribution in [0.25, 0.3) is 0 Å². The van der Waals surface area contributed by atoms with Crippen LogP contribution in [0.1, 0.15) is 25.8 Å². The zero-order valence-electron chi connectivity index (χ0n) is 9.77. The van der Waals surface area contributed by atoms with E-state index in [2.05, 4.69) is 20.4 Å². The molecule has 1 rings (SSSR count).